The number of tetrazole rings is 1. The molecule has 0 saturated carbocycles. The van der Waals surface area contributed by atoms with E-state index in [2.05, 4.69) is 46.7 Å². The fourth-order valence-electron chi connectivity index (χ4n) is 1.70. The van der Waals surface area contributed by atoms with Gasteiger partial charge in [-0.05, 0) is 34.9 Å². The molecular weight excluding hydrogens is 214 g/mol. The molecule has 0 fully saturated rings. The molecule has 0 bridgehead atoms. The number of hydrogen-bond acceptors (Lipinski definition) is 4. The first kappa shape index (κ1) is 11.7. The molecule has 17 heavy (non-hydrogen) atoms. The van der Waals surface area contributed by atoms with Crippen molar-refractivity contribution in [3.8, 4) is 0 Å². The van der Waals surface area contributed by atoms with E-state index in [4.69, 9.17) is 5.73 Å². The van der Waals surface area contributed by atoms with Gasteiger partial charge in [0.05, 0.1) is 12.6 Å². The van der Waals surface area contributed by atoms with Crippen LogP contribution in [0.25, 0.3) is 0 Å². The zero-order valence-electron chi connectivity index (χ0n) is 10.2. The summed E-state index contributed by atoms with van der Waals surface area (Å²) in [6, 6.07) is 8.31. The first-order valence-electron chi connectivity index (χ1n) is 5.80. The highest BCUT2D eigenvalue weighted by Gasteiger charge is 2.10. The van der Waals surface area contributed by atoms with Gasteiger partial charge in [0, 0.05) is 0 Å². The lowest BCUT2D eigenvalue weighted by Gasteiger charge is -2.07. The van der Waals surface area contributed by atoms with Crippen LogP contribution in [-0.2, 0) is 13.0 Å². The van der Waals surface area contributed by atoms with Gasteiger partial charge in [-0.2, -0.15) is 0 Å². The maximum Gasteiger partial charge on any atom is 0.168 e. The van der Waals surface area contributed by atoms with Gasteiger partial charge in [0.1, 0.15) is 0 Å². The predicted octanol–water partition coefficient (Wildman–Crippen LogP) is 1.30. The third-order valence-electron chi connectivity index (χ3n) is 2.73. The van der Waals surface area contributed by atoms with E-state index < -0.39 is 0 Å². The molecule has 0 saturated heterocycles. The minimum atomic E-state index is -0.153. The van der Waals surface area contributed by atoms with Gasteiger partial charge in [-0.3, -0.25) is 0 Å². The van der Waals surface area contributed by atoms with Crippen LogP contribution in [-0.4, -0.2) is 20.2 Å². The van der Waals surface area contributed by atoms with E-state index in [9.17, 15) is 0 Å². The highest BCUT2D eigenvalue weighted by atomic mass is 15.5. The van der Waals surface area contributed by atoms with E-state index >= 15 is 0 Å². The molecule has 0 amide bonds. The van der Waals surface area contributed by atoms with Crippen LogP contribution in [0.5, 0.6) is 0 Å². The zero-order chi connectivity index (χ0) is 12.3. The number of aryl methyl sites for hydroxylation is 1. The van der Waals surface area contributed by atoms with Gasteiger partial charge in [-0.1, -0.05) is 31.2 Å². The molecule has 1 aromatic carbocycles. The Kier molecular flexibility index (Phi) is 3.49. The van der Waals surface area contributed by atoms with Crippen molar-refractivity contribution in [1.82, 2.24) is 20.2 Å². The van der Waals surface area contributed by atoms with Crippen LogP contribution in [0.1, 0.15) is 36.8 Å². The van der Waals surface area contributed by atoms with Crippen molar-refractivity contribution >= 4 is 0 Å². The molecule has 1 aromatic heterocycles. The van der Waals surface area contributed by atoms with Gasteiger partial charge in [0.15, 0.2) is 5.82 Å². The van der Waals surface area contributed by atoms with Crippen LogP contribution in [0.15, 0.2) is 24.3 Å². The van der Waals surface area contributed by atoms with Crippen molar-refractivity contribution in [1.29, 1.82) is 0 Å². The molecule has 1 atom stereocenters. The van der Waals surface area contributed by atoms with E-state index in [1.165, 1.54) is 11.1 Å². The number of benzene rings is 1. The molecule has 2 N–H and O–H groups in total. The van der Waals surface area contributed by atoms with Crippen molar-refractivity contribution in [2.45, 2.75) is 32.9 Å². The van der Waals surface area contributed by atoms with E-state index in [0.717, 1.165) is 6.42 Å². The molecule has 2 rings (SSSR count). The summed E-state index contributed by atoms with van der Waals surface area (Å²) >= 11 is 0. The molecule has 0 spiro atoms. The highest BCUT2D eigenvalue weighted by Crippen LogP contribution is 2.09. The van der Waals surface area contributed by atoms with E-state index in [-0.39, 0.29) is 6.04 Å². The standard InChI is InChI=1S/C12H17N5/c1-3-10-4-6-11(7-5-10)8-17-12(9(2)13)14-15-16-17/h4-7,9H,3,8,13H2,1-2H3. The molecule has 5 heteroatoms. The topological polar surface area (TPSA) is 69.6 Å². The van der Waals surface area contributed by atoms with Gasteiger partial charge in [-0.15, -0.1) is 5.10 Å². The monoisotopic (exact) mass is 231 g/mol. The molecule has 0 aliphatic carbocycles. The first-order valence-corrected chi connectivity index (χ1v) is 5.80. The highest BCUT2D eigenvalue weighted by molar-refractivity contribution is 5.22. The first-order chi connectivity index (χ1) is 8.20. The lowest BCUT2D eigenvalue weighted by atomic mass is 10.1. The smallest absolute Gasteiger partial charge is 0.168 e. The lowest BCUT2D eigenvalue weighted by Crippen LogP contribution is -2.15. The zero-order valence-corrected chi connectivity index (χ0v) is 10.2. The minimum absolute atomic E-state index is 0.153. The van der Waals surface area contributed by atoms with E-state index in [1.54, 1.807) is 4.68 Å². The van der Waals surface area contributed by atoms with E-state index in [1.807, 2.05) is 6.92 Å². The van der Waals surface area contributed by atoms with Gasteiger partial charge in [0.2, 0.25) is 0 Å². The number of aromatic nitrogens is 4. The average Bonchev–Trinajstić information content (AvgIpc) is 2.78. The van der Waals surface area contributed by atoms with Gasteiger partial charge in [0.25, 0.3) is 0 Å². The van der Waals surface area contributed by atoms with Crippen molar-refractivity contribution in [3.05, 3.63) is 41.2 Å². The Morgan fingerprint density at radius 1 is 1.24 bits per heavy atom. The Balaban J connectivity index is 2.16. The third-order valence-corrected chi connectivity index (χ3v) is 2.73. The molecule has 90 valence electrons. The van der Waals surface area contributed by atoms with E-state index in [0.29, 0.717) is 12.4 Å². The van der Waals surface area contributed by atoms with Gasteiger partial charge < -0.3 is 5.73 Å². The Labute approximate surface area is 101 Å². The van der Waals surface area contributed by atoms with Gasteiger partial charge in [-0.25, -0.2) is 4.68 Å². The second-order valence-corrected chi connectivity index (χ2v) is 4.15. The van der Waals surface area contributed by atoms with Crippen molar-refractivity contribution in [2.24, 2.45) is 5.73 Å². The van der Waals surface area contributed by atoms with Crippen molar-refractivity contribution < 1.29 is 0 Å². The molecule has 5 nitrogen and oxygen atoms in total. The fourth-order valence-corrected chi connectivity index (χ4v) is 1.70. The largest absolute Gasteiger partial charge is 0.322 e. The maximum absolute atomic E-state index is 5.79. The summed E-state index contributed by atoms with van der Waals surface area (Å²) in [4.78, 5) is 0. The van der Waals surface area contributed by atoms with Crippen molar-refractivity contribution in [2.75, 3.05) is 0 Å². The third kappa shape index (κ3) is 2.68. The molecule has 0 radical (unpaired) electrons. The summed E-state index contributed by atoms with van der Waals surface area (Å²) in [6.07, 6.45) is 1.05. The summed E-state index contributed by atoms with van der Waals surface area (Å²) in [7, 11) is 0. The Morgan fingerprint density at radius 2 is 1.88 bits per heavy atom. The predicted molar refractivity (Wildman–Crippen MR) is 65.3 cm³/mol. The number of nitrogens with two attached hydrogens (primary N) is 1. The van der Waals surface area contributed by atoms with Crippen LogP contribution in [0.3, 0.4) is 0 Å². The second kappa shape index (κ2) is 5.05. The second-order valence-electron chi connectivity index (χ2n) is 4.15. The Bertz CT molecular complexity index is 472. The number of nitrogens with zero attached hydrogens (tertiary/aromatic N) is 4. The van der Waals surface area contributed by atoms with Gasteiger partial charge >= 0.3 is 0 Å². The molecule has 0 aliphatic rings. The lowest BCUT2D eigenvalue weighted by molar-refractivity contribution is 0.587. The summed E-state index contributed by atoms with van der Waals surface area (Å²) in [6.45, 7) is 4.68. The maximum atomic E-state index is 5.79. The van der Waals surface area contributed by atoms with Crippen LogP contribution in [0, 0.1) is 0 Å². The van der Waals surface area contributed by atoms with Crippen LogP contribution in [0.2, 0.25) is 0 Å². The number of rotatable bonds is 4. The Morgan fingerprint density at radius 3 is 2.47 bits per heavy atom. The molecule has 1 heterocycles. The van der Waals surface area contributed by atoms with Crippen LogP contribution in [0.4, 0.5) is 0 Å². The molecule has 0 aliphatic heterocycles. The molecule has 1 unspecified atom stereocenters. The average molecular weight is 231 g/mol. The summed E-state index contributed by atoms with van der Waals surface area (Å²) in [5.41, 5.74) is 8.30. The fraction of sp³-hybridized carbons (Fsp3) is 0.417. The summed E-state index contributed by atoms with van der Waals surface area (Å²) < 4.78 is 1.74. The quantitative estimate of drug-likeness (QED) is 0.861. The SMILES string of the molecule is CCc1ccc(Cn2nnnc2C(C)N)cc1. The Hall–Kier alpha value is -1.75. The summed E-state index contributed by atoms with van der Waals surface area (Å²) in [5, 5.41) is 11.5. The van der Waals surface area contributed by atoms with Crippen molar-refractivity contribution in [3.63, 3.8) is 0 Å². The molecule has 2 aromatic rings. The molecular formula is C12H17N5. The summed E-state index contributed by atoms with van der Waals surface area (Å²) in [5.74, 6) is 0.713. The normalized spacial score (nSPS) is 12.6. The van der Waals surface area contributed by atoms with Crippen LogP contribution < -0.4 is 5.73 Å². The number of hydrogen-bond donors (Lipinski definition) is 1. The minimum Gasteiger partial charge on any atom is -0.322 e. The van der Waals surface area contributed by atoms with Crippen LogP contribution >= 0.6 is 0 Å².